The van der Waals surface area contributed by atoms with Crippen LogP contribution in [0.25, 0.3) is 0 Å². The van der Waals surface area contributed by atoms with Gasteiger partial charge in [-0.3, -0.25) is 4.79 Å². The summed E-state index contributed by atoms with van der Waals surface area (Å²) in [6, 6.07) is 12.5. The number of para-hydroxylation sites is 1. The number of hydrogen-bond donors (Lipinski definition) is 2. The number of primary sulfonamides is 1. The van der Waals surface area contributed by atoms with Crippen molar-refractivity contribution < 1.29 is 17.9 Å². The number of sulfonamides is 1. The van der Waals surface area contributed by atoms with Crippen LogP contribution in [0.1, 0.15) is 11.1 Å². The average molecular weight is 389 g/mol. The van der Waals surface area contributed by atoms with Crippen LogP contribution < -0.4 is 20.1 Å². The minimum atomic E-state index is -3.72. The third-order valence-electron chi connectivity index (χ3n) is 4.61. The summed E-state index contributed by atoms with van der Waals surface area (Å²) in [7, 11) is -2.09. The van der Waals surface area contributed by atoms with E-state index < -0.39 is 10.0 Å². The molecule has 27 heavy (non-hydrogen) atoms. The molecule has 1 amide bonds. The van der Waals surface area contributed by atoms with Crippen molar-refractivity contribution in [3.05, 3.63) is 53.6 Å². The van der Waals surface area contributed by atoms with Gasteiger partial charge in [0.15, 0.2) is 0 Å². The van der Waals surface area contributed by atoms with Gasteiger partial charge < -0.3 is 15.0 Å². The fourth-order valence-corrected chi connectivity index (χ4v) is 3.83. The monoisotopic (exact) mass is 389 g/mol. The number of benzene rings is 2. The Balaban J connectivity index is 1.56. The lowest BCUT2D eigenvalue weighted by Gasteiger charge is -2.19. The zero-order chi connectivity index (χ0) is 19.4. The molecule has 0 saturated carbocycles. The third kappa shape index (κ3) is 4.58. The molecule has 7 nitrogen and oxygen atoms in total. The Morgan fingerprint density at radius 1 is 1.26 bits per heavy atom. The van der Waals surface area contributed by atoms with Crippen LogP contribution in [0.2, 0.25) is 0 Å². The summed E-state index contributed by atoms with van der Waals surface area (Å²) in [5.74, 6) is 0.735. The molecule has 0 saturated heterocycles. The Labute approximate surface area is 159 Å². The Hall–Kier alpha value is -2.58. The van der Waals surface area contributed by atoms with E-state index in [4.69, 9.17) is 9.88 Å². The lowest BCUT2D eigenvalue weighted by Crippen LogP contribution is -2.37. The molecule has 0 radical (unpaired) electrons. The molecule has 0 atom stereocenters. The van der Waals surface area contributed by atoms with Crippen LogP contribution in [0, 0.1) is 0 Å². The first kappa shape index (κ1) is 19.2. The molecule has 1 heterocycles. The fraction of sp³-hybridized carbons (Fsp3) is 0.316. The summed E-state index contributed by atoms with van der Waals surface area (Å²) in [6.45, 7) is 1.42. The van der Waals surface area contributed by atoms with E-state index in [0.29, 0.717) is 25.9 Å². The van der Waals surface area contributed by atoms with Crippen LogP contribution in [0.3, 0.4) is 0 Å². The van der Waals surface area contributed by atoms with Gasteiger partial charge >= 0.3 is 0 Å². The summed E-state index contributed by atoms with van der Waals surface area (Å²) in [4.78, 5) is 14.3. The first-order chi connectivity index (χ1) is 12.9. The molecular formula is C19H23N3O4S. The van der Waals surface area contributed by atoms with Gasteiger partial charge in [-0.1, -0.05) is 18.2 Å². The maximum absolute atomic E-state index is 12.3. The Morgan fingerprint density at radius 3 is 2.78 bits per heavy atom. The zero-order valence-corrected chi connectivity index (χ0v) is 16.0. The number of hydrogen-bond acceptors (Lipinski definition) is 5. The lowest BCUT2D eigenvalue weighted by atomic mass is 10.1. The number of anilines is 1. The van der Waals surface area contributed by atoms with Crippen LogP contribution in [-0.2, 0) is 27.7 Å². The fourth-order valence-electron chi connectivity index (χ4n) is 3.26. The van der Waals surface area contributed by atoms with Crippen LogP contribution in [0.4, 0.5) is 5.69 Å². The molecule has 0 spiro atoms. The minimum Gasteiger partial charge on any atom is -0.496 e. The molecular weight excluding hydrogens is 366 g/mol. The summed E-state index contributed by atoms with van der Waals surface area (Å²) < 4.78 is 28.2. The van der Waals surface area contributed by atoms with Gasteiger partial charge in [0.25, 0.3) is 0 Å². The third-order valence-corrected chi connectivity index (χ3v) is 5.53. The molecule has 0 unspecified atom stereocenters. The van der Waals surface area contributed by atoms with Crippen molar-refractivity contribution in [1.29, 1.82) is 0 Å². The standard InChI is InChI=1S/C19H23N3O4S/c1-26-18-5-3-2-4-14(18)8-10-21-19(23)13-22-11-9-15-12-16(27(20,24)25)6-7-17(15)22/h2-7,12H,8-11,13H2,1H3,(H,21,23)(H2,20,24,25). The highest BCUT2D eigenvalue weighted by atomic mass is 32.2. The van der Waals surface area contributed by atoms with Gasteiger partial charge in [-0.15, -0.1) is 0 Å². The predicted octanol–water partition coefficient (Wildman–Crippen LogP) is 1.06. The highest BCUT2D eigenvalue weighted by Gasteiger charge is 2.23. The largest absolute Gasteiger partial charge is 0.496 e. The van der Waals surface area contributed by atoms with Crippen LogP contribution in [0.15, 0.2) is 47.4 Å². The first-order valence-corrected chi connectivity index (χ1v) is 10.2. The average Bonchev–Trinajstić information content (AvgIpc) is 3.03. The second kappa shape index (κ2) is 7.98. The second-order valence-corrected chi connectivity index (χ2v) is 7.98. The van der Waals surface area contributed by atoms with Crippen molar-refractivity contribution in [3.8, 4) is 5.75 Å². The number of fused-ring (bicyclic) bond motifs is 1. The van der Waals surface area contributed by atoms with E-state index >= 15 is 0 Å². The summed E-state index contributed by atoms with van der Waals surface area (Å²) >= 11 is 0. The Bertz CT molecular complexity index is 944. The molecule has 0 bridgehead atoms. The van der Waals surface area contributed by atoms with Gasteiger partial charge in [0.05, 0.1) is 18.6 Å². The van der Waals surface area contributed by atoms with Crippen LogP contribution in [0.5, 0.6) is 5.75 Å². The topological polar surface area (TPSA) is 102 Å². The van der Waals surface area contributed by atoms with Crippen molar-refractivity contribution >= 4 is 21.6 Å². The number of methoxy groups -OCH3 is 1. The molecule has 8 heteroatoms. The van der Waals surface area contributed by atoms with E-state index in [1.807, 2.05) is 29.2 Å². The van der Waals surface area contributed by atoms with Crippen molar-refractivity contribution in [2.24, 2.45) is 5.14 Å². The van der Waals surface area contributed by atoms with Crippen molar-refractivity contribution in [3.63, 3.8) is 0 Å². The number of carbonyl (C=O) groups is 1. The number of nitrogens with two attached hydrogens (primary N) is 1. The SMILES string of the molecule is COc1ccccc1CCNC(=O)CN1CCc2cc(S(N)(=O)=O)ccc21. The number of nitrogens with zero attached hydrogens (tertiary/aromatic N) is 1. The summed E-state index contributed by atoms with van der Waals surface area (Å²) in [5.41, 5.74) is 2.81. The highest BCUT2D eigenvalue weighted by Crippen LogP contribution is 2.29. The number of amides is 1. The van der Waals surface area contributed by atoms with Crippen molar-refractivity contribution in [1.82, 2.24) is 5.32 Å². The molecule has 0 fully saturated rings. The normalized spacial score (nSPS) is 13.3. The summed E-state index contributed by atoms with van der Waals surface area (Å²) in [6.07, 6.45) is 1.37. The van der Waals surface area contributed by atoms with Gasteiger partial charge in [-0.2, -0.15) is 0 Å². The molecule has 0 aliphatic carbocycles. The maximum atomic E-state index is 12.3. The predicted molar refractivity (Wildman–Crippen MR) is 103 cm³/mol. The molecule has 0 aromatic heterocycles. The van der Waals surface area contributed by atoms with Gasteiger partial charge in [0, 0.05) is 18.8 Å². The highest BCUT2D eigenvalue weighted by molar-refractivity contribution is 7.89. The quantitative estimate of drug-likeness (QED) is 0.737. The van der Waals surface area contributed by atoms with Gasteiger partial charge in [0.2, 0.25) is 15.9 Å². The van der Waals surface area contributed by atoms with Gasteiger partial charge in [-0.25, -0.2) is 13.6 Å². The van der Waals surface area contributed by atoms with E-state index in [2.05, 4.69) is 5.32 Å². The number of ether oxygens (including phenoxy) is 1. The lowest BCUT2D eigenvalue weighted by molar-refractivity contribution is -0.119. The van der Waals surface area contributed by atoms with E-state index in [9.17, 15) is 13.2 Å². The van der Waals surface area contributed by atoms with E-state index in [1.165, 1.54) is 6.07 Å². The van der Waals surface area contributed by atoms with Crippen molar-refractivity contribution in [2.75, 3.05) is 31.6 Å². The molecule has 1 aliphatic heterocycles. The number of rotatable bonds is 7. The Morgan fingerprint density at radius 2 is 2.04 bits per heavy atom. The number of nitrogens with one attached hydrogen (secondary N) is 1. The van der Waals surface area contributed by atoms with Crippen molar-refractivity contribution in [2.45, 2.75) is 17.7 Å². The van der Waals surface area contributed by atoms with Crippen LogP contribution >= 0.6 is 0 Å². The van der Waals surface area contributed by atoms with E-state index in [1.54, 1.807) is 19.2 Å². The molecule has 3 rings (SSSR count). The molecule has 3 N–H and O–H groups in total. The molecule has 2 aromatic carbocycles. The zero-order valence-electron chi connectivity index (χ0n) is 15.1. The minimum absolute atomic E-state index is 0.0757. The summed E-state index contributed by atoms with van der Waals surface area (Å²) in [5, 5.41) is 8.10. The van der Waals surface area contributed by atoms with Gasteiger partial charge in [0.1, 0.15) is 5.75 Å². The molecule has 2 aromatic rings. The van der Waals surface area contributed by atoms with E-state index in [-0.39, 0.29) is 17.3 Å². The molecule has 144 valence electrons. The maximum Gasteiger partial charge on any atom is 0.239 e. The smallest absolute Gasteiger partial charge is 0.239 e. The number of carbonyl (C=O) groups excluding carboxylic acids is 1. The van der Waals surface area contributed by atoms with Crippen LogP contribution in [-0.4, -0.2) is 41.1 Å². The Kier molecular flexibility index (Phi) is 5.67. The van der Waals surface area contributed by atoms with E-state index in [0.717, 1.165) is 22.6 Å². The van der Waals surface area contributed by atoms with Gasteiger partial charge in [-0.05, 0) is 48.2 Å². The second-order valence-electron chi connectivity index (χ2n) is 6.42. The first-order valence-electron chi connectivity index (χ1n) is 8.68. The molecule has 1 aliphatic rings.